The Morgan fingerprint density at radius 3 is 2.50 bits per heavy atom. The Morgan fingerprint density at radius 1 is 1.12 bits per heavy atom. The summed E-state index contributed by atoms with van der Waals surface area (Å²) in [6.07, 6.45) is 4.88. The Kier molecular flexibility index (Phi) is 7.54. The van der Waals surface area contributed by atoms with Crippen LogP contribution in [0.15, 0.2) is 54.6 Å². The number of halogens is 2. The van der Waals surface area contributed by atoms with Gasteiger partial charge in [-0.2, -0.15) is 0 Å². The number of rotatable bonds is 5. The van der Waals surface area contributed by atoms with Gasteiger partial charge in [-0.3, -0.25) is 0 Å². The Bertz CT molecular complexity index is 692. The average Bonchev–Trinajstić information content (AvgIpc) is 2.57. The van der Waals surface area contributed by atoms with Crippen LogP contribution in [0.1, 0.15) is 42.9 Å². The smallest absolute Gasteiger partial charge is 0.0734 e. The summed E-state index contributed by atoms with van der Waals surface area (Å²) >= 11 is 6.25. The Balaban J connectivity index is 0.00000243. The molecule has 26 heavy (non-hydrogen) atoms. The first-order chi connectivity index (χ1) is 12.0. The molecule has 1 aliphatic rings. The molecule has 0 bridgehead atoms. The van der Waals surface area contributed by atoms with Gasteiger partial charge >= 0.3 is 0 Å². The maximum atomic E-state index is 11.7. The van der Waals surface area contributed by atoms with E-state index >= 15 is 0 Å². The van der Waals surface area contributed by atoms with Crippen LogP contribution in [0.25, 0.3) is 0 Å². The molecular weight excluding hydrogens is 365 g/mol. The van der Waals surface area contributed by atoms with Gasteiger partial charge in [0.25, 0.3) is 0 Å². The van der Waals surface area contributed by atoms with Crippen molar-refractivity contribution < 1.29 is 5.11 Å². The van der Waals surface area contributed by atoms with E-state index in [1.165, 1.54) is 17.5 Å². The molecule has 3 rings (SSSR count). The first kappa shape index (κ1) is 21.2. The number of hydrogen-bond acceptors (Lipinski definition) is 2. The summed E-state index contributed by atoms with van der Waals surface area (Å²) in [5.74, 6) is 0.190. The van der Waals surface area contributed by atoms with Crippen LogP contribution in [0.4, 0.5) is 0 Å². The van der Waals surface area contributed by atoms with Gasteiger partial charge in [0.15, 0.2) is 0 Å². The molecule has 3 unspecified atom stereocenters. The third-order valence-electron chi connectivity index (χ3n) is 5.55. The second kappa shape index (κ2) is 9.23. The van der Waals surface area contributed by atoms with Crippen molar-refractivity contribution in [2.75, 3.05) is 14.1 Å². The van der Waals surface area contributed by atoms with Gasteiger partial charge in [0.05, 0.1) is 5.60 Å². The number of aliphatic hydroxyl groups is 1. The molecule has 0 aromatic heterocycles. The summed E-state index contributed by atoms with van der Waals surface area (Å²) in [5.41, 5.74) is 1.72. The molecule has 1 fully saturated rings. The zero-order valence-corrected chi connectivity index (χ0v) is 17.1. The SMILES string of the molecule is CN(C)C(c1cccc(Cl)c1)C1CCCCC1(O)Cc1ccccc1.Cl. The van der Waals surface area contributed by atoms with Crippen molar-refractivity contribution in [1.82, 2.24) is 4.90 Å². The molecule has 2 nitrogen and oxygen atoms in total. The molecule has 2 aromatic carbocycles. The van der Waals surface area contributed by atoms with Crippen molar-refractivity contribution in [1.29, 1.82) is 0 Å². The fourth-order valence-corrected chi connectivity index (χ4v) is 4.65. The van der Waals surface area contributed by atoms with E-state index in [0.717, 1.165) is 24.3 Å². The van der Waals surface area contributed by atoms with Crippen molar-refractivity contribution in [3.8, 4) is 0 Å². The maximum absolute atomic E-state index is 11.7. The largest absolute Gasteiger partial charge is 0.389 e. The van der Waals surface area contributed by atoms with Gasteiger partial charge in [-0.25, -0.2) is 0 Å². The second-order valence-electron chi connectivity index (χ2n) is 7.58. The number of nitrogens with zero attached hydrogens (tertiary/aromatic N) is 1. The highest BCUT2D eigenvalue weighted by atomic mass is 35.5. The van der Waals surface area contributed by atoms with E-state index in [2.05, 4.69) is 49.3 Å². The lowest BCUT2D eigenvalue weighted by Crippen LogP contribution is -2.48. The van der Waals surface area contributed by atoms with Crippen LogP contribution in [0.2, 0.25) is 5.02 Å². The van der Waals surface area contributed by atoms with E-state index in [1.807, 2.05) is 24.3 Å². The first-order valence-corrected chi connectivity index (χ1v) is 9.55. The van der Waals surface area contributed by atoms with Gasteiger partial charge in [0.1, 0.15) is 0 Å². The van der Waals surface area contributed by atoms with Gasteiger partial charge < -0.3 is 10.0 Å². The molecule has 1 N–H and O–H groups in total. The van der Waals surface area contributed by atoms with Crippen LogP contribution < -0.4 is 0 Å². The van der Waals surface area contributed by atoms with Crippen molar-refractivity contribution in [3.63, 3.8) is 0 Å². The molecule has 1 aliphatic carbocycles. The van der Waals surface area contributed by atoms with Gasteiger partial charge in [-0.05, 0) is 50.2 Å². The Morgan fingerprint density at radius 2 is 1.85 bits per heavy atom. The van der Waals surface area contributed by atoms with Crippen molar-refractivity contribution in [2.45, 2.75) is 43.7 Å². The van der Waals surface area contributed by atoms with E-state index < -0.39 is 5.60 Å². The average molecular weight is 394 g/mol. The van der Waals surface area contributed by atoms with Crippen molar-refractivity contribution >= 4 is 24.0 Å². The molecule has 142 valence electrons. The summed E-state index contributed by atoms with van der Waals surface area (Å²) < 4.78 is 0. The highest BCUT2D eigenvalue weighted by Crippen LogP contribution is 2.45. The van der Waals surface area contributed by atoms with E-state index in [9.17, 15) is 5.11 Å². The van der Waals surface area contributed by atoms with Crippen LogP contribution in [0.5, 0.6) is 0 Å². The molecular formula is C22H29Cl2NO. The molecule has 3 atom stereocenters. The van der Waals surface area contributed by atoms with Gasteiger partial charge in [0.2, 0.25) is 0 Å². The van der Waals surface area contributed by atoms with E-state index in [-0.39, 0.29) is 24.4 Å². The lowest BCUT2D eigenvalue weighted by molar-refractivity contribution is -0.0770. The Hall–Kier alpha value is -1.06. The Labute approximate surface area is 168 Å². The van der Waals surface area contributed by atoms with Crippen LogP contribution in [0.3, 0.4) is 0 Å². The monoisotopic (exact) mass is 393 g/mol. The molecule has 1 saturated carbocycles. The molecule has 0 spiro atoms. The van der Waals surface area contributed by atoms with Crippen LogP contribution in [-0.4, -0.2) is 29.7 Å². The second-order valence-corrected chi connectivity index (χ2v) is 8.02. The van der Waals surface area contributed by atoms with Crippen molar-refractivity contribution in [2.24, 2.45) is 5.92 Å². The number of benzene rings is 2. The minimum absolute atomic E-state index is 0. The molecule has 0 radical (unpaired) electrons. The summed E-state index contributed by atoms with van der Waals surface area (Å²) in [4.78, 5) is 2.23. The van der Waals surface area contributed by atoms with E-state index in [0.29, 0.717) is 6.42 Å². The summed E-state index contributed by atoms with van der Waals surface area (Å²) in [5, 5.41) is 12.4. The predicted octanol–water partition coefficient (Wildman–Crippen LogP) is 5.53. The first-order valence-electron chi connectivity index (χ1n) is 9.18. The molecule has 0 heterocycles. The summed E-state index contributed by atoms with van der Waals surface area (Å²) in [7, 11) is 4.20. The van der Waals surface area contributed by atoms with E-state index in [4.69, 9.17) is 11.6 Å². The normalized spacial score (nSPS) is 24.1. The lowest BCUT2D eigenvalue weighted by Gasteiger charge is -2.46. The topological polar surface area (TPSA) is 23.5 Å². The summed E-state index contributed by atoms with van der Waals surface area (Å²) in [6, 6.07) is 18.6. The fraction of sp³-hybridized carbons (Fsp3) is 0.455. The van der Waals surface area contributed by atoms with E-state index in [1.54, 1.807) is 0 Å². The molecule has 4 heteroatoms. The molecule has 0 amide bonds. The minimum atomic E-state index is -0.684. The summed E-state index contributed by atoms with van der Waals surface area (Å²) in [6.45, 7) is 0. The molecule has 2 aromatic rings. The highest BCUT2D eigenvalue weighted by Gasteiger charge is 2.44. The van der Waals surface area contributed by atoms with Crippen LogP contribution in [-0.2, 0) is 6.42 Å². The van der Waals surface area contributed by atoms with Crippen molar-refractivity contribution in [3.05, 3.63) is 70.7 Å². The third kappa shape index (κ3) is 4.80. The molecule has 0 aliphatic heterocycles. The third-order valence-corrected chi connectivity index (χ3v) is 5.78. The minimum Gasteiger partial charge on any atom is -0.389 e. The maximum Gasteiger partial charge on any atom is 0.0734 e. The standard InChI is InChI=1S/C22H28ClNO.ClH/c1-24(2)21(18-11-8-12-19(23)15-18)20-13-6-7-14-22(20,25)16-17-9-4-3-5-10-17;/h3-5,8-12,15,20-21,25H,6-7,13-14,16H2,1-2H3;1H. The zero-order chi connectivity index (χ0) is 17.9. The van der Waals surface area contributed by atoms with Gasteiger partial charge in [0, 0.05) is 23.4 Å². The predicted molar refractivity (Wildman–Crippen MR) is 112 cm³/mol. The fourth-order valence-electron chi connectivity index (χ4n) is 4.45. The lowest BCUT2D eigenvalue weighted by atomic mass is 9.67. The van der Waals surface area contributed by atoms with Gasteiger partial charge in [-0.1, -0.05) is 66.9 Å². The van der Waals surface area contributed by atoms with Crippen LogP contribution in [0, 0.1) is 5.92 Å². The quantitative estimate of drug-likeness (QED) is 0.721. The van der Waals surface area contributed by atoms with Crippen LogP contribution >= 0.6 is 24.0 Å². The number of hydrogen-bond donors (Lipinski definition) is 1. The van der Waals surface area contributed by atoms with Gasteiger partial charge in [-0.15, -0.1) is 12.4 Å². The zero-order valence-electron chi connectivity index (χ0n) is 15.6. The molecule has 0 saturated heterocycles. The highest BCUT2D eigenvalue weighted by molar-refractivity contribution is 6.30.